The number of halogens is 1. The molecule has 0 saturated carbocycles. The molecule has 0 atom stereocenters. The third-order valence-electron chi connectivity index (χ3n) is 7.53. The average molecular weight is 468 g/mol. The van der Waals surface area contributed by atoms with Crippen LogP contribution in [0.5, 0.6) is 5.75 Å². The van der Waals surface area contributed by atoms with Gasteiger partial charge in [-0.2, -0.15) is 0 Å². The fourth-order valence-electron chi connectivity index (χ4n) is 5.07. The summed E-state index contributed by atoms with van der Waals surface area (Å²) in [5.41, 5.74) is 2.15. The Morgan fingerprint density at radius 3 is 2.41 bits per heavy atom. The summed E-state index contributed by atoms with van der Waals surface area (Å²) in [5, 5.41) is 0. The summed E-state index contributed by atoms with van der Waals surface area (Å²) in [6.45, 7) is 9.78. The minimum Gasteiger partial charge on any atom is -0.425 e. The number of nitrogens with zero attached hydrogens (tertiary/aromatic N) is 2. The van der Waals surface area contributed by atoms with Crippen LogP contribution in [-0.4, -0.2) is 41.3 Å². The van der Waals surface area contributed by atoms with Crippen molar-refractivity contribution in [2.75, 3.05) is 11.4 Å². The number of carbonyl (C=O) groups is 2. The first-order valence-electron chi connectivity index (χ1n) is 11.9. The molecule has 3 aliphatic rings. The van der Waals surface area contributed by atoms with E-state index in [0.29, 0.717) is 18.8 Å². The Balaban J connectivity index is 1.59. The van der Waals surface area contributed by atoms with Crippen molar-refractivity contribution in [1.29, 1.82) is 0 Å². The van der Waals surface area contributed by atoms with Crippen LogP contribution in [0.25, 0.3) is 0 Å². The fourth-order valence-corrected chi connectivity index (χ4v) is 5.07. The molecule has 0 unspecified atom stereocenters. The first kappa shape index (κ1) is 23.1. The molecule has 2 aliphatic heterocycles. The lowest BCUT2D eigenvalue weighted by Crippen LogP contribution is -2.43. The van der Waals surface area contributed by atoms with Gasteiger partial charge < -0.3 is 23.5 Å². The molecule has 2 aromatic rings. The molecule has 1 amide bonds. The molecular weight excluding hydrogens is 438 g/mol. The summed E-state index contributed by atoms with van der Waals surface area (Å²) >= 11 is 0. The molecule has 1 aromatic heterocycles. The van der Waals surface area contributed by atoms with Crippen molar-refractivity contribution >= 4 is 30.1 Å². The van der Waals surface area contributed by atoms with E-state index >= 15 is 0 Å². The van der Waals surface area contributed by atoms with E-state index < -0.39 is 30.1 Å². The van der Waals surface area contributed by atoms with Gasteiger partial charge in [0.15, 0.2) is 5.75 Å². The van der Waals surface area contributed by atoms with Crippen molar-refractivity contribution in [1.82, 2.24) is 4.57 Å². The van der Waals surface area contributed by atoms with Crippen molar-refractivity contribution in [3.63, 3.8) is 0 Å². The van der Waals surface area contributed by atoms with E-state index in [2.05, 4.69) is 4.57 Å². The van der Waals surface area contributed by atoms with Crippen molar-refractivity contribution in [2.45, 2.75) is 78.0 Å². The maximum atomic E-state index is 15.0. The van der Waals surface area contributed by atoms with Gasteiger partial charge in [0.05, 0.1) is 16.9 Å². The van der Waals surface area contributed by atoms with E-state index in [-0.39, 0.29) is 22.8 Å². The molecule has 3 heterocycles. The number of rotatable bonds is 3. The van der Waals surface area contributed by atoms with Crippen LogP contribution < -0.4 is 15.1 Å². The Labute approximate surface area is 199 Å². The van der Waals surface area contributed by atoms with Crippen LogP contribution in [0.1, 0.15) is 69.2 Å². The van der Waals surface area contributed by atoms with Gasteiger partial charge in [0.2, 0.25) is 0 Å². The second-order valence-corrected chi connectivity index (χ2v) is 10.3. The highest BCUT2D eigenvalue weighted by molar-refractivity contribution is 6.63. The molecular formula is C25H30BFN2O5. The quantitative estimate of drug-likeness (QED) is 0.393. The van der Waals surface area contributed by atoms with Crippen LogP contribution >= 0.6 is 0 Å². The minimum atomic E-state index is -0.954. The van der Waals surface area contributed by atoms with Gasteiger partial charge in [0, 0.05) is 37.2 Å². The summed E-state index contributed by atoms with van der Waals surface area (Å²) < 4.78 is 34.9. The van der Waals surface area contributed by atoms with E-state index in [1.54, 1.807) is 0 Å². The Morgan fingerprint density at radius 1 is 1.06 bits per heavy atom. The van der Waals surface area contributed by atoms with E-state index in [9.17, 15) is 14.0 Å². The molecule has 9 heteroatoms. The topological polar surface area (TPSA) is 70.0 Å². The van der Waals surface area contributed by atoms with E-state index in [0.717, 1.165) is 25.7 Å². The number of fused-ring (bicyclic) bond motifs is 3. The predicted molar refractivity (Wildman–Crippen MR) is 126 cm³/mol. The summed E-state index contributed by atoms with van der Waals surface area (Å²) in [7, 11) is -0.954. The monoisotopic (exact) mass is 468 g/mol. The van der Waals surface area contributed by atoms with Crippen molar-refractivity contribution < 1.29 is 28.0 Å². The third-order valence-corrected chi connectivity index (χ3v) is 7.53. The smallest absolute Gasteiger partial charge is 0.425 e. The van der Waals surface area contributed by atoms with Crippen LogP contribution in [0, 0.1) is 5.82 Å². The molecule has 1 aliphatic carbocycles. The van der Waals surface area contributed by atoms with E-state index in [1.165, 1.54) is 35.2 Å². The molecule has 0 radical (unpaired) electrons. The molecule has 7 nitrogen and oxygen atoms in total. The molecule has 1 saturated heterocycles. The van der Waals surface area contributed by atoms with Crippen LogP contribution in [0.2, 0.25) is 0 Å². The average Bonchev–Trinajstić information content (AvgIpc) is 3.23. The molecule has 0 bridgehead atoms. The highest BCUT2D eigenvalue weighted by Gasteiger charge is 2.53. The molecule has 34 heavy (non-hydrogen) atoms. The molecule has 0 spiro atoms. The second kappa shape index (κ2) is 7.95. The highest BCUT2D eigenvalue weighted by atomic mass is 19.1. The van der Waals surface area contributed by atoms with E-state index in [1.807, 2.05) is 33.8 Å². The van der Waals surface area contributed by atoms with Crippen LogP contribution in [0.3, 0.4) is 0 Å². The van der Waals surface area contributed by atoms with Crippen LogP contribution in [-0.2, 0) is 33.5 Å². The minimum absolute atomic E-state index is 0.0884. The standard InChI is InChI=1S/C25H30BFN2O5/c1-15(30)32-22-18(26-33-24(2,3)25(4,5)34-26)13-17(27)14-20(22)29-11-10-28-19-9-7-6-8-16(19)12-21(28)23(29)31/h12-14H,6-11H2,1-5H3. The van der Waals surface area contributed by atoms with Crippen molar-refractivity contribution in [3.05, 3.63) is 41.0 Å². The zero-order valence-electron chi connectivity index (χ0n) is 20.4. The molecule has 180 valence electrons. The SMILES string of the molecule is CC(=O)Oc1c(B2OC(C)(C)C(C)(C)O2)cc(F)cc1N1CCn2c(cc3c2CCCC3)C1=O. The number of anilines is 1. The Kier molecular flexibility index (Phi) is 5.41. The van der Waals surface area contributed by atoms with E-state index in [4.69, 9.17) is 14.0 Å². The van der Waals surface area contributed by atoms with Gasteiger partial charge >= 0.3 is 13.1 Å². The number of aryl methyl sites for hydroxylation is 1. The number of benzene rings is 1. The third kappa shape index (κ3) is 3.66. The number of carbonyl (C=O) groups excluding carboxylic acids is 2. The van der Waals surface area contributed by atoms with Gasteiger partial charge in [-0.05, 0) is 71.1 Å². The maximum Gasteiger partial charge on any atom is 0.498 e. The number of ether oxygens (including phenoxy) is 1. The van der Waals surface area contributed by atoms with Crippen molar-refractivity contribution in [2.24, 2.45) is 0 Å². The molecule has 5 rings (SSSR count). The van der Waals surface area contributed by atoms with Gasteiger partial charge in [-0.25, -0.2) is 4.39 Å². The lowest BCUT2D eigenvalue weighted by Gasteiger charge is -2.32. The number of hydrogen-bond acceptors (Lipinski definition) is 5. The zero-order valence-corrected chi connectivity index (χ0v) is 20.4. The van der Waals surface area contributed by atoms with Crippen LogP contribution in [0.4, 0.5) is 10.1 Å². The van der Waals surface area contributed by atoms with Crippen LogP contribution in [0.15, 0.2) is 18.2 Å². The summed E-state index contributed by atoms with van der Waals surface area (Å²) in [5.74, 6) is -1.29. The summed E-state index contributed by atoms with van der Waals surface area (Å²) in [4.78, 5) is 27.2. The lowest BCUT2D eigenvalue weighted by atomic mass is 9.77. The maximum absolute atomic E-state index is 15.0. The molecule has 1 aromatic carbocycles. The summed E-state index contributed by atoms with van der Waals surface area (Å²) in [6.07, 6.45) is 4.17. The number of esters is 1. The normalized spacial score (nSPS) is 20.8. The van der Waals surface area contributed by atoms with Gasteiger partial charge in [-0.15, -0.1) is 0 Å². The molecule has 1 fully saturated rings. The number of aromatic nitrogens is 1. The first-order valence-corrected chi connectivity index (χ1v) is 11.9. The van der Waals surface area contributed by atoms with Gasteiger partial charge in [-0.1, -0.05) is 0 Å². The summed E-state index contributed by atoms with van der Waals surface area (Å²) in [6, 6.07) is 4.45. The van der Waals surface area contributed by atoms with Crippen molar-refractivity contribution in [3.8, 4) is 5.75 Å². The Morgan fingerprint density at radius 2 is 1.74 bits per heavy atom. The molecule has 0 N–H and O–H groups in total. The second-order valence-electron chi connectivity index (χ2n) is 10.3. The van der Waals surface area contributed by atoms with Gasteiger partial charge in [0.25, 0.3) is 5.91 Å². The lowest BCUT2D eigenvalue weighted by molar-refractivity contribution is -0.131. The zero-order chi connectivity index (χ0) is 24.4. The fraction of sp³-hybridized carbons (Fsp3) is 0.520. The van der Waals surface area contributed by atoms with Gasteiger partial charge in [0.1, 0.15) is 11.5 Å². The Hall–Kier alpha value is -2.65. The highest BCUT2D eigenvalue weighted by Crippen LogP contribution is 2.39. The number of hydrogen-bond donors (Lipinski definition) is 0. The predicted octanol–water partition coefficient (Wildman–Crippen LogP) is 3.39. The van der Waals surface area contributed by atoms with Gasteiger partial charge in [-0.3, -0.25) is 9.59 Å². The number of amides is 1. The largest absolute Gasteiger partial charge is 0.498 e. The first-order chi connectivity index (χ1) is 16.0. The Bertz CT molecular complexity index is 1170.